The summed E-state index contributed by atoms with van der Waals surface area (Å²) in [6.07, 6.45) is 0. The van der Waals surface area contributed by atoms with E-state index in [9.17, 15) is 0 Å². The molecule has 1 aromatic rings. The van der Waals surface area contributed by atoms with Crippen LogP contribution in [-0.4, -0.2) is 11.4 Å². The summed E-state index contributed by atoms with van der Waals surface area (Å²) in [5.74, 6) is 0. The van der Waals surface area contributed by atoms with Crippen LogP contribution in [0.25, 0.3) is 0 Å². The minimum atomic E-state index is 0.389. The summed E-state index contributed by atoms with van der Waals surface area (Å²) < 4.78 is 0. The normalized spacial score (nSPS) is 27.8. The van der Waals surface area contributed by atoms with Crippen LogP contribution in [0.3, 0.4) is 0 Å². The van der Waals surface area contributed by atoms with Crippen molar-refractivity contribution in [2.75, 3.05) is 6.54 Å². The number of hydrogen-bond acceptors (Lipinski definition) is 2. The summed E-state index contributed by atoms with van der Waals surface area (Å²) in [6.45, 7) is 3.08. The van der Waals surface area contributed by atoms with Crippen LogP contribution >= 0.6 is 15.9 Å². The van der Waals surface area contributed by atoms with Crippen LogP contribution < -0.4 is 10.9 Å². The van der Waals surface area contributed by atoms with E-state index in [0.717, 1.165) is 6.54 Å². The maximum atomic E-state index is 3.63. The topological polar surface area (TPSA) is 24.1 Å². The number of alkyl halides is 1. The molecule has 3 heteroatoms. The fraction of sp³-hybridized carbons (Fsp3) is 0.400. The second kappa shape index (κ2) is 3.78. The smallest absolute Gasteiger partial charge is 0.0600 e. The monoisotopic (exact) mass is 240 g/mol. The van der Waals surface area contributed by atoms with Crippen LogP contribution in [0, 0.1) is 6.92 Å². The summed E-state index contributed by atoms with van der Waals surface area (Å²) in [5.41, 5.74) is 9.02. The third kappa shape index (κ3) is 1.93. The van der Waals surface area contributed by atoms with E-state index in [4.69, 9.17) is 0 Å². The standard InChI is InChI=1S/C10H13BrN2/c1-7-2-4-8(5-3-7)10-9(11)6-12-13-10/h2-5,9-10,12-13H,6H2,1H3. The minimum Gasteiger partial charge on any atom is -0.256 e. The van der Waals surface area contributed by atoms with Crippen molar-refractivity contribution in [3.63, 3.8) is 0 Å². The lowest BCUT2D eigenvalue weighted by atomic mass is 10.0. The van der Waals surface area contributed by atoms with E-state index in [2.05, 4.69) is 58.0 Å². The SMILES string of the molecule is Cc1ccc(C2NNCC2Br)cc1. The summed E-state index contributed by atoms with van der Waals surface area (Å²) in [7, 11) is 0. The molecule has 0 saturated carbocycles. The van der Waals surface area contributed by atoms with E-state index < -0.39 is 0 Å². The molecule has 0 aliphatic carbocycles. The Morgan fingerprint density at radius 2 is 2.00 bits per heavy atom. The number of aryl methyl sites for hydroxylation is 1. The zero-order valence-corrected chi connectivity index (χ0v) is 9.14. The van der Waals surface area contributed by atoms with E-state index in [1.807, 2.05) is 0 Å². The molecule has 1 heterocycles. The molecule has 1 fully saturated rings. The molecule has 1 aliphatic heterocycles. The quantitative estimate of drug-likeness (QED) is 0.734. The molecule has 2 nitrogen and oxygen atoms in total. The van der Waals surface area contributed by atoms with Gasteiger partial charge in [-0.2, -0.15) is 0 Å². The molecule has 0 radical (unpaired) electrons. The number of benzene rings is 1. The molecule has 1 aliphatic rings. The van der Waals surface area contributed by atoms with Crippen LogP contribution in [0.2, 0.25) is 0 Å². The van der Waals surface area contributed by atoms with Crippen LogP contribution in [0.4, 0.5) is 0 Å². The molecule has 0 spiro atoms. The first-order chi connectivity index (χ1) is 6.27. The molecule has 1 saturated heterocycles. The number of rotatable bonds is 1. The summed E-state index contributed by atoms with van der Waals surface area (Å²) in [6, 6.07) is 9.03. The fourth-order valence-electron chi connectivity index (χ4n) is 1.54. The summed E-state index contributed by atoms with van der Waals surface area (Å²) >= 11 is 3.63. The number of hydrogen-bond donors (Lipinski definition) is 2. The van der Waals surface area contributed by atoms with Gasteiger partial charge in [0.1, 0.15) is 0 Å². The lowest BCUT2D eigenvalue weighted by Crippen LogP contribution is -2.24. The van der Waals surface area contributed by atoms with E-state index in [0.29, 0.717) is 10.9 Å². The van der Waals surface area contributed by atoms with Crippen molar-refractivity contribution in [2.45, 2.75) is 17.8 Å². The third-order valence-electron chi connectivity index (χ3n) is 2.35. The average molecular weight is 241 g/mol. The van der Waals surface area contributed by atoms with Crippen molar-refractivity contribution < 1.29 is 0 Å². The van der Waals surface area contributed by atoms with Crippen LogP contribution in [0.15, 0.2) is 24.3 Å². The van der Waals surface area contributed by atoms with Gasteiger partial charge in [-0.1, -0.05) is 45.8 Å². The van der Waals surface area contributed by atoms with E-state index >= 15 is 0 Å². The molecule has 0 amide bonds. The maximum Gasteiger partial charge on any atom is 0.0600 e. The molecule has 0 bridgehead atoms. The molecular formula is C10H13BrN2. The lowest BCUT2D eigenvalue weighted by molar-refractivity contribution is 0.585. The Kier molecular flexibility index (Phi) is 2.67. The second-order valence-electron chi connectivity index (χ2n) is 3.43. The first-order valence-corrected chi connectivity index (χ1v) is 5.38. The van der Waals surface area contributed by atoms with Crippen LogP contribution in [0.1, 0.15) is 17.2 Å². The average Bonchev–Trinajstić information content (AvgIpc) is 2.53. The van der Waals surface area contributed by atoms with Gasteiger partial charge in [-0.25, -0.2) is 5.43 Å². The predicted octanol–water partition coefficient (Wildman–Crippen LogP) is 1.91. The highest BCUT2D eigenvalue weighted by molar-refractivity contribution is 9.09. The first-order valence-electron chi connectivity index (χ1n) is 4.46. The van der Waals surface area contributed by atoms with Crippen molar-refractivity contribution in [3.05, 3.63) is 35.4 Å². The minimum absolute atomic E-state index is 0.389. The van der Waals surface area contributed by atoms with Gasteiger partial charge in [0.2, 0.25) is 0 Å². The zero-order valence-electron chi connectivity index (χ0n) is 7.55. The van der Waals surface area contributed by atoms with Gasteiger partial charge in [-0.05, 0) is 12.5 Å². The lowest BCUT2D eigenvalue weighted by Gasteiger charge is -2.13. The molecule has 2 rings (SSSR count). The highest BCUT2D eigenvalue weighted by atomic mass is 79.9. The Balaban J connectivity index is 2.20. The molecule has 0 aromatic heterocycles. The van der Waals surface area contributed by atoms with Gasteiger partial charge in [0.15, 0.2) is 0 Å². The summed E-state index contributed by atoms with van der Waals surface area (Å²) in [4.78, 5) is 0.482. The molecule has 1 aromatic carbocycles. The highest BCUT2D eigenvalue weighted by Gasteiger charge is 2.25. The van der Waals surface area contributed by atoms with E-state index in [1.165, 1.54) is 11.1 Å². The molecule has 2 N–H and O–H groups in total. The Labute approximate surface area is 86.8 Å². The van der Waals surface area contributed by atoms with Crippen LogP contribution in [-0.2, 0) is 0 Å². The maximum absolute atomic E-state index is 3.63. The number of halogens is 1. The van der Waals surface area contributed by atoms with Gasteiger partial charge in [-0.15, -0.1) is 0 Å². The summed E-state index contributed by atoms with van der Waals surface area (Å²) in [5, 5.41) is 0. The Morgan fingerprint density at radius 1 is 1.31 bits per heavy atom. The Morgan fingerprint density at radius 3 is 2.54 bits per heavy atom. The molecule has 2 unspecified atom stereocenters. The fourth-order valence-corrected chi connectivity index (χ4v) is 2.14. The molecular weight excluding hydrogens is 228 g/mol. The molecule has 70 valence electrons. The highest BCUT2D eigenvalue weighted by Crippen LogP contribution is 2.24. The van der Waals surface area contributed by atoms with Gasteiger partial charge < -0.3 is 0 Å². The Bertz CT molecular complexity index is 283. The number of nitrogens with one attached hydrogen (secondary N) is 2. The van der Waals surface area contributed by atoms with Crippen molar-refractivity contribution in [3.8, 4) is 0 Å². The molecule has 2 atom stereocenters. The third-order valence-corrected chi connectivity index (χ3v) is 3.21. The van der Waals surface area contributed by atoms with Crippen molar-refractivity contribution in [1.29, 1.82) is 0 Å². The largest absolute Gasteiger partial charge is 0.256 e. The van der Waals surface area contributed by atoms with Gasteiger partial charge in [-0.3, -0.25) is 5.43 Å². The van der Waals surface area contributed by atoms with Crippen molar-refractivity contribution in [1.82, 2.24) is 10.9 Å². The second-order valence-corrected chi connectivity index (χ2v) is 4.61. The van der Waals surface area contributed by atoms with Crippen molar-refractivity contribution in [2.24, 2.45) is 0 Å². The van der Waals surface area contributed by atoms with E-state index in [1.54, 1.807) is 0 Å². The zero-order chi connectivity index (χ0) is 9.26. The predicted molar refractivity (Wildman–Crippen MR) is 57.8 cm³/mol. The van der Waals surface area contributed by atoms with Gasteiger partial charge in [0.05, 0.1) is 6.04 Å². The van der Waals surface area contributed by atoms with Crippen LogP contribution in [0.5, 0.6) is 0 Å². The Hall–Kier alpha value is -0.380. The number of hydrazine groups is 1. The van der Waals surface area contributed by atoms with Gasteiger partial charge in [0, 0.05) is 11.4 Å². The van der Waals surface area contributed by atoms with Gasteiger partial charge >= 0.3 is 0 Å². The van der Waals surface area contributed by atoms with E-state index in [-0.39, 0.29) is 0 Å². The molecule has 13 heavy (non-hydrogen) atoms. The van der Waals surface area contributed by atoms with Crippen molar-refractivity contribution >= 4 is 15.9 Å². The van der Waals surface area contributed by atoms with Gasteiger partial charge in [0.25, 0.3) is 0 Å². The first kappa shape index (κ1) is 9.19.